The lowest BCUT2D eigenvalue weighted by Gasteiger charge is -2.35. The topological polar surface area (TPSA) is 32.3 Å². The highest BCUT2D eigenvalue weighted by Gasteiger charge is 2.28. The van der Waals surface area contributed by atoms with E-state index in [9.17, 15) is 5.11 Å². The quantitative estimate of drug-likeness (QED) is 0.859. The van der Waals surface area contributed by atoms with Crippen molar-refractivity contribution >= 4 is 5.69 Å². The smallest absolute Gasteiger partial charge is 0.0545 e. The lowest BCUT2D eigenvalue weighted by Crippen LogP contribution is -2.28. The Morgan fingerprint density at radius 2 is 1.95 bits per heavy atom. The van der Waals surface area contributed by atoms with Crippen molar-refractivity contribution in [2.24, 2.45) is 5.92 Å². The number of benzene rings is 2. The third kappa shape index (κ3) is 3.17. The van der Waals surface area contributed by atoms with Crippen LogP contribution in [0.2, 0.25) is 0 Å². The molecule has 22 heavy (non-hydrogen) atoms. The number of aliphatic hydroxyl groups is 1. The van der Waals surface area contributed by atoms with Gasteiger partial charge >= 0.3 is 0 Å². The molecule has 0 fully saturated rings. The van der Waals surface area contributed by atoms with Gasteiger partial charge in [0.1, 0.15) is 0 Å². The maximum absolute atomic E-state index is 9.21. The van der Waals surface area contributed by atoms with E-state index in [1.54, 1.807) is 0 Å². The van der Waals surface area contributed by atoms with E-state index in [1.807, 2.05) is 0 Å². The van der Waals surface area contributed by atoms with E-state index in [1.165, 1.54) is 22.4 Å². The van der Waals surface area contributed by atoms with Crippen LogP contribution in [0.4, 0.5) is 5.69 Å². The largest absolute Gasteiger partial charge is 0.396 e. The zero-order valence-corrected chi connectivity index (χ0v) is 13.3. The van der Waals surface area contributed by atoms with Crippen LogP contribution in [0.3, 0.4) is 0 Å². The van der Waals surface area contributed by atoms with Crippen LogP contribution in [0.25, 0.3) is 0 Å². The Bertz CT molecular complexity index is 608. The van der Waals surface area contributed by atoms with Crippen molar-refractivity contribution in [3.63, 3.8) is 0 Å². The number of aryl methyl sites for hydroxylation is 1. The van der Waals surface area contributed by atoms with Crippen LogP contribution in [0, 0.1) is 5.92 Å². The standard InChI is InChI=1S/C20H25NO/c1-2-15-10-11-19-18(13-15)14-17(9-6-12-22)20(21-19)16-7-4-3-5-8-16/h3-5,7-8,10-11,13,17,20-22H,2,6,9,12,14H2,1H3/t17?,20-/m0/s1. The molecule has 116 valence electrons. The summed E-state index contributed by atoms with van der Waals surface area (Å²) in [6.07, 6.45) is 4.10. The van der Waals surface area contributed by atoms with E-state index >= 15 is 0 Å². The molecule has 2 aromatic rings. The fourth-order valence-corrected chi connectivity index (χ4v) is 3.50. The van der Waals surface area contributed by atoms with Crippen LogP contribution < -0.4 is 5.32 Å². The predicted octanol–water partition coefficient (Wildman–Crippen LogP) is 4.35. The molecule has 0 aromatic heterocycles. The Hall–Kier alpha value is -1.80. The van der Waals surface area contributed by atoms with E-state index in [-0.39, 0.29) is 6.61 Å². The summed E-state index contributed by atoms with van der Waals surface area (Å²) in [5.74, 6) is 0.536. The van der Waals surface area contributed by atoms with Crippen molar-refractivity contribution in [2.75, 3.05) is 11.9 Å². The molecule has 1 aliphatic rings. The van der Waals surface area contributed by atoms with E-state index in [2.05, 4.69) is 60.8 Å². The molecule has 0 radical (unpaired) electrons. The zero-order chi connectivity index (χ0) is 15.4. The fraction of sp³-hybridized carbons (Fsp3) is 0.400. The van der Waals surface area contributed by atoms with Gasteiger partial charge in [-0.1, -0.05) is 49.4 Å². The molecule has 2 aromatic carbocycles. The fourth-order valence-electron chi connectivity index (χ4n) is 3.50. The second-order valence-corrected chi connectivity index (χ2v) is 6.21. The second-order valence-electron chi connectivity index (χ2n) is 6.21. The monoisotopic (exact) mass is 295 g/mol. The van der Waals surface area contributed by atoms with Crippen molar-refractivity contribution in [1.82, 2.24) is 0 Å². The van der Waals surface area contributed by atoms with Crippen LogP contribution in [-0.4, -0.2) is 11.7 Å². The summed E-state index contributed by atoms with van der Waals surface area (Å²) < 4.78 is 0. The Kier molecular flexibility index (Phi) is 4.79. The van der Waals surface area contributed by atoms with Gasteiger partial charge in [0.05, 0.1) is 6.04 Å². The van der Waals surface area contributed by atoms with E-state index in [4.69, 9.17) is 0 Å². The third-order valence-corrected chi connectivity index (χ3v) is 4.73. The number of anilines is 1. The van der Waals surface area contributed by atoms with Crippen molar-refractivity contribution in [3.8, 4) is 0 Å². The normalized spacial score (nSPS) is 20.3. The molecular formula is C20H25NO. The van der Waals surface area contributed by atoms with Crippen molar-refractivity contribution < 1.29 is 5.11 Å². The van der Waals surface area contributed by atoms with Gasteiger partial charge < -0.3 is 10.4 Å². The molecule has 1 unspecified atom stereocenters. The van der Waals surface area contributed by atoms with Crippen LogP contribution in [0.5, 0.6) is 0 Å². The van der Waals surface area contributed by atoms with Crippen LogP contribution in [0.15, 0.2) is 48.5 Å². The van der Waals surface area contributed by atoms with E-state index < -0.39 is 0 Å². The maximum atomic E-state index is 9.21. The molecule has 0 amide bonds. The van der Waals surface area contributed by atoms with Crippen molar-refractivity contribution in [1.29, 1.82) is 0 Å². The summed E-state index contributed by atoms with van der Waals surface area (Å²) in [6, 6.07) is 17.8. The van der Waals surface area contributed by atoms with Crippen LogP contribution >= 0.6 is 0 Å². The summed E-state index contributed by atoms with van der Waals surface area (Å²) >= 11 is 0. The van der Waals surface area contributed by atoms with Gasteiger partial charge in [0.15, 0.2) is 0 Å². The average Bonchev–Trinajstić information content (AvgIpc) is 2.59. The summed E-state index contributed by atoms with van der Waals surface area (Å²) in [4.78, 5) is 0. The molecule has 0 saturated carbocycles. The highest BCUT2D eigenvalue weighted by atomic mass is 16.2. The summed E-state index contributed by atoms with van der Waals surface area (Å²) in [7, 11) is 0. The van der Waals surface area contributed by atoms with Gasteiger partial charge in [-0.15, -0.1) is 0 Å². The zero-order valence-electron chi connectivity index (χ0n) is 13.3. The molecule has 1 heterocycles. The Morgan fingerprint density at radius 1 is 1.14 bits per heavy atom. The van der Waals surface area contributed by atoms with Gasteiger partial charge in [-0.2, -0.15) is 0 Å². The number of rotatable bonds is 5. The molecule has 0 aliphatic carbocycles. The first-order valence-corrected chi connectivity index (χ1v) is 8.36. The van der Waals surface area contributed by atoms with Crippen LogP contribution in [0.1, 0.15) is 42.5 Å². The molecular weight excluding hydrogens is 270 g/mol. The lowest BCUT2D eigenvalue weighted by atomic mass is 9.80. The molecule has 3 rings (SSSR count). The second kappa shape index (κ2) is 6.97. The van der Waals surface area contributed by atoms with Gasteiger partial charge in [0.2, 0.25) is 0 Å². The van der Waals surface area contributed by atoms with Gasteiger partial charge in [-0.05, 0) is 54.4 Å². The minimum absolute atomic E-state index is 0.278. The van der Waals surface area contributed by atoms with Gasteiger partial charge in [0, 0.05) is 12.3 Å². The number of hydrogen-bond donors (Lipinski definition) is 2. The van der Waals surface area contributed by atoms with Crippen LogP contribution in [-0.2, 0) is 12.8 Å². The highest BCUT2D eigenvalue weighted by molar-refractivity contribution is 5.57. The van der Waals surface area contributed by atoms with Crippen molar-refractivity contribution in [3.05, 3.63) is 65.2 Å². The summed E-state index contributed by atoms with van der Waals surface area (Å²) in [6.45, 7) is 2.48. The summed E-state index contributed by atoms with van der Waals surface area (Å²) in [5.41, 5.74) is 5.44. The molecule has 1 aliphatic heterocycles. The average molecular weight is 295 g/mol. The van der Waals surface area contributed by atoms with Gasteiger partial charge in [-0.25, -0.2) is 0 Å². The summed E-state index contributed by atoms with van der Waals surface area (Å²) in [5, 5.41) is 13.0. The number of hydrogen-bond acceptors (Lipinski definition) is 2. The molecule has 0 saturated heterocycles. The minimum atomic E-state index is 0.278. The number of aliphatic hydroxyl groups excluding tert-OH is 1. The third-order valence-electron chi connectivity index (χ3n) is 4.73. The van der Waals surface area contributed by atoms with Gasteiger partial charge in [0.25, 0.3) is 0 Å². The molecule has 2 atom stereocenters. The number of fused-ring (bicyclic) bond motifs is 1. The first-order valence-electron chi connectivity index (χ1n) is 8.36. The Balaban J connectivity index is 1.90. The predicted molar refractivity (Wildman–Crippen MR) is 92.1 cm³/mol. The number of nitrogens with one attached hydrogen (secondary N) is 1. The first-order chi connectivity index (χ1) is 10.8. The molecule has 2 nitrogen and oxygen atoms in total. The maximum Gasteiger partial charge on any atom is 0.0545 e. The Morgan fingerprint density at radius 3 is 2.68 bits per heavy atom. The van der Waals surface area contributed by atoms with E-state index in [0.29, 0.717) is 12.0 Å². The first kappa shape index (κ1) is 15.1. The lowest BCUT2D eigenvalue weighted by molar-refractivity contribution is 0.263. The molecule has 2 N–H and O–H groups in total. The Labute approximate surface area is 133 Å². The molecule has 0 bridgehead atoms. The SMILES string of the molecule is CCc1ccc2c(c1)CC(CCCO)[C@H](c1ccccc1)N2. The van der Waals surface area contributed by atoms with E-state index in [0.717, 1.165) is 25.7 Å². The van der Waals surface area contributed by atoms with Gasteiger partial charge in [-0.3, -0.25) is 0 Å². The molecule has 0 spiro atoms. The minimum Gasteiger partial charge on any atom is -0.396 e. The molecule has 2 heteroatoms. The van der Waals surface area contributed by atoms with Crippen molar-refractivity contribution in [2.45, 2.75) is 38.6 Å². The highest BCUT2D eigenvalue weighted by Crippen LogP contribution is 2.39.